The molecule has 0 bridgehead atoms. The Morgan fingerprint density at radius 2 is 1.91 bits per heavy atom. The largest absolute Gasteiger partial charge is 0.768 e. The molecule has 0 aliphatic carbocycles. The van der Waals surface area contributed by atoms with Crippen molar-refractivity contribution in [2.75, 3.05) is 37.4 Å². The quantitative estimate of drug-likeness (QED) is 0.195. The number of hydrogen-bond donors (Lipinski definition) is 2. The minimum atomic E-state index is -4.53. The van der Waals surface area contributed by atoms with Crippen LogP contribution in [0.3, 0.4) is 0 Å². The highest BCUT2D eigenvalue weighted by Gasteiger charge is 2.34. The Kier molecular flexibility index (Phi) is 10.00. The van der Waals surface area contributed by atoms with E-state index in [4.69, 9.17) is 9.47 Å². The molecule has 3 atom stereocenters. The Morgan fingerprint density at radius 1 is 1.16 bits per heavy atom. The standard InChI is InChI=1S/C30H34F4N4O5S/c1-29(2,3)43-28(39)37-14-12-24(22(31)17-37)36-23-8-5-9-26-21(23)15-19(38(26)18-30(32,33)34)7-6-13-35-25-11-10-20(44(40)41)16-27(25)42-4/h5,8-11,15-16,22,24,35-36H,12-14,17-18H2,1-4H3,(H,40,41)/p-1/t22-,24+/m0/s1. The highest BCUT2D eigenvalue weighted by atomic mass is 32.2. The van der Waals surface area contributed by atoms with Gasteiger partial charge in [-0.25, -0.2) is 9.18 Å². The Hall–Kier alpha value is -3.96. The number of methoxy groups -OCH3 is 1. The van der Waals surface area contributed by atoms with Gasteiger partial charge in [-0.1, -0.05) is 12.0 Å². The summed E-state index contributed by atoms with van der Waals surface area (Å²) < 4.78 is 90.0. The lowest BCUT2D eigenvalue weighted by molar-refractivity contribution is -0.140. The molecule has 1 fully saturated rings. The number of carbonyl (C=O) groups is 1. The number of aromatic nitrogens is 1. The normalized spacial score (nSPS) is 17.9. The Labute approximate surface area is 255 Å². The number of rotatable bonds is 7. The summed E-state index contributed by atoms with van der Waals surface area (Å²) in [4.78, 5) is 13.7. The summed E-state index contributed by atoms with van der Waals surface area (Å²) in [6.07, 6.45) is -6.29. The molecule has 1 aliphatic heterocycles. The Morgan fingerprint density at radius 3 is 2.55 bits per heavy atom. The van der Waals surface area contributed by atoms with E-state index >= 15 is 4.39 Å². The maximum atomic E-state index is 15.2. The Balaban J connectivity index is 1.55. The molecule has 9 nitrogen and oxygen atoms in total. The van der Waals surface area contributed by atoms with Gasteiger partial charge in [-0.3, -0.25) is 4.21 Å². The average Bonchev–Trinajstić information content (AvgIpc) is 3.27. The lowest BCUT2D eigenvalue weighted by Crippen LogP contribution is -2.51. The maximum Gasteiger partial charge on any atom is 0.410 e. The van der Waals surface area contributed by atoms with E-state index in [0.717, 1.165) is 4.57 Å². The number of hydrogen-bond acceptors (Lipinski definition) is 7. The van der Waals surface area contributed by atoms with Crippen molar-refractivity contribution in [2.24, 2.45) is 0 Å². The number of alkyl halides is 4. The molecule has 238 valence electrons. The topological polar surface area (TPSA) is 108 Å². The van der Waals surface area contributed by atoms with E-state index in [2.05, 4.69) is 22.5 Å². The highest BCUT2D eigenvalue weighted by molar-refractivity contribution is 7.79. The lowest BCUT2D eigenvalue weighted by atomic mass is 10.0. The molecule has 1 saturated heterocycles. The van der Waals surface area contributed by atoms with Crippen LogP contribution in [0.15, 0.2) is 47.4 Å². The van der Waals surface area contributed by atoms with Crippen molar-refractivity contribution in [1.82, 2.24) is 9.47 Å². The SMILES string of the molecule is COc1cc(S(=O)[O-])ccc1NCC#Cc1cc2c(N[C@@H]3CCN(C(=O)OC(C)(C)C)C[C@@H]3F)cccc2n1CC(F)(F)F. The molecule has 1 unspecified atom stereocenters. The summed E-state index contributed by atoms with van der Waals surface area (Å²) in [5.74, 6) is 5.86. The van der Waals surface area contributed by atoms with Crippen LogP contribution in [-0.2, 0) is 22.4 Å². The van der Waals surface area contributed by atoms with Crippen LogP contribution in [-0.4, -0.2) is 75.1 Å². The summed E-state index contributed by atoms with van der Waals surface area (Å²) in [7, 11) is 1.38. The van der Waals surface area contributed by atoms with Crippen molar-refractivity contribution in [1.29, 1.82) is 0 Å². The smallest absolute Gasteiger partial charge is 0.410 e. The van der Waals surface area contributed by atoms with Gasteiger partial charge in [0.05, 0.1) is 43.1 Å². The van der Waals surface area contributed by atoms with E-state index in [1.165, 1.54) is 36.3 Å². The number of piperidine rings is 1. The first-order chi connectivity index (χ1) is 20.6. The van der Waals surface area contributed by atoms with E-state index in [-0.39, 0.29) is 47.9 Å². The zero-order chi connectivity index (χ0) is 32.2. The average molecular weight is 638 g/mol. The molecule has 14 heteroatoms. The number of ether oxygens (including phenoxy) is 2. The van der Waals surface area contributed by atoms with Gasteiger partial charge < -0.3 is 34.1 Å². The molecule has 0 saturated carbocycles. The van der Waals surface area contributed by atoms with Gasteiger partial charge in [0.1, 0.15) is 24.1 Å². The third-order valence-electron chi connectivity index (χ3n) is 6.77. The number of anilines is 2. The van der Waals surface area contributed by atoms with E-state index in [9.17, 15) is 26.7 Å². The first kappa shape index (κ1) is 32.9. The van der Waals surface area contributed by atoms with Gasteiger partial charge in [0, 0.05) is 22.5 Å². The molecule has 2 aromatic carbocycles. The maximum absolute atomic E-state index is 15.2. The minimum Gasteiger partial charge on any atom is -0.768 e. The fourth-order valence-corrected chi connectivity index (χ4v) is 5.20. The second-order valence-electron chi connectivity index (χ2n) is 11.2. The summed E-state index contributed by atoms with van der Waals surface area (Å²) >= 11 is -2.44. The third-order valence-corrected chi connectivity index (χ3v) is 7.41. The predicted molar refractivity (Wildman–Crippen MR) is 158 cm³/mol. The van der Waals surface area contributed by atoms with Crippen molar-refractivity contribution in [2.45, 2.75) is 62.6 Å². The molecule has 0 radical (unpaired) electrons. The molecule has 0 spiro atoms. The lowest BCUT2D eigenvalue weighted by Gasteiger charge is -2.36. The van der Waals surface area contributed by atoms with Gasteiger partial charge in [0.15, 0.2) is 0 Å². The van der Waals surface area contributed by atoms with Crippen molar-refractivity contribution < 1.29 is 40.6 Å². The van der Waals surface area contributed by atoms with Gasteiger partial charge in [-0.05, 0) is 80.6 Å². The zero-order valence-electron chi connectivity index (χ0n) is 24.6. The molecule has 1 aliphatic rings. The molecule has 2 N–H and O–H groups in total. The van der Waals surface area contributed by atoms with Crippen LogP contribution >= 0.6 is 0 Å². The van der Waals surface area contributed by atoms with Gasteiger partial charge in [-0.2, -0.15) is 13.2 Å². The van der Waals surface area contributed by atoms with Gasteiger partial charge in [0.2, 0.25) is 0 Å². The van der Waals surface area contributed by atoms with Crippen LogP contribution in [0.1, 0.15) is 32.9 Å². The van der Waals surface area contributed by atoms with Crippen molar-refractivity contribution in [3.05, 3.63) is 48.2 Å². The summed E-state index contributed by atoms with van der Waals surface area (Å²) in [5, 5.41) is 6.55. The number of likely N-dealkylation sites (tertiary alicyclic amines) is 1. The zero-order valence-corrected chi connectivity index (χ0v) is 25.4. The number of benzene rings is 2. The van der Waals surface area contributed by atoms with Gasteiger partial charge >= 0.3 is 12.3 Å². The second kappa shape index (κ2) is 13.4. The number of nitrogens with one attached hydrogen (secondary N) is 2. The molecule has 3 aromatic rings. The molecule has 4 rings (SSSR count). The molecule has 44 heavy (non-hydrogen) atoms. The van der Waals surface area contributed by atoms with E-state index in [1.54, 1.807) is 39.0 Å². The predicted octanol–water partition coefficient (Wildman–Crippen LogP) is 5.67. The van der Waals surface area contributed by atoms with Crippen LogP contribution in [0.4, 0.5) is 33.7 Å². The van der Waals surface area contributed by atoms with E-state index < -0.39 is 47.7 Å². The molecular formula is C30H33F4N4O5S-. The van der Waals surface area contributed by atoms with Crippen LogP contribution in [0.5, 0.6) is 5.75 Å². The molecule has 1 aromatic heterocycles. The summed E-state index contributed by atoms with van der Waals surface area (Å²) in [6.45, 7) is 4.00. The second-order valence-corrected chi connectivity index (χ2v) is 12.1. The summed E-state index contributed by atoms with van der Waals surface area (Å²) in [5.41, 5.74) is 0.566. The van der Waals surface area contributed by atoms with Crippen LogP contribution in [0.2, 0.25) is 0 Å². The van der Waals surface area contributed by atoms with Crippen LogP contribution < -0.4 is 15.4 Å². The van der Waals surface area contributed by atoms with Crippen molar-refractivity contribution in [3.63, 3.8) is 0 Å². The fraction of sp³-hybridized carbons (Fsp3) is 0.433. The molecule has 1 amide bonds. The first-order valence-electron chi connectivity index (χ1n) is 13.7. The van der Waals surface area contributed by atoms with E-state index in [1.807, 2.05) is 0 Å². The summed E-state index contributed by atoms with van der Waals surface area (Å²) in [6, 6.07) is 9.85. The Bertz CT molecular complexity index is 1590. The number of amides is 1. The van der Waals surface area contributed by atoms with E-state index in [0.29, 0.717) is 16.8 Å². The fourth-order valence-electron chi connectivity index (χ4n) is 4.82. The van der Waals surface area contributed by atoms with Gasteiger partial charge in [-0.15, -0.1) is 0 Å². The number of fused-ring (bicyclic) bond motifs is 1. The molecule has 2 heterocycles. The highest BCUT2D eigenvalue weighted by Crippen LogP contribution is 2.32. The van der Waals surface area contributed by atoms with Crippen LogP contribution in [0, 0.1) is 11.8 Å². The van der Waals surface area contributed by atoms with Crippen molar-refractivity contribution in [3.8, 4) is 17.6 Å². The number of halogens is 4. The third kappa shape index (κ3) is 8.35. The van der Waals surface area contributed by atoms with Crippen LogP contribution in [0.25, 0.3) is 10.9 Å². The monoisotopic (exact) mass is 637 g/mol. The minimum absolute atomic E-state index is 0.0224. The van der Waals surface area contributed by atoms with Crippen molar-refractivity contribution >= 4 is 39.5 Å². The molecular weight excluding hydrogens is 604 g/mol. The number of carbonyl (C=O) groups excluding carboxylic acids is 1. The first-order valence-corrected chi connectivity index (χ1v) is 14.8. The number of nitrogens with zero attached hydrogens (tertiary/aromatic N) is 2. The van der Waals surface area contributed by atoms with Gasteiger partial charge in [0.25, 0.3) is 0 Å².